The maximum absolute atomic E-state index is 14.1. The molecule has 1 unspecified atom stereocenters. The van der Waals surface area contributed by atoms with Crippen LogP contribution >= 0.6 is 12.2 Å². The van der Waals surface area contributed by atoms with Crippen molar-refractivity contribution in [2.75, 3.05) is 40.0 Å². The number of hydrogen-bond donors (Lipinski definition) is 2. The predicted octanol–water partition coefficient (Wildman–Crippen LogP) is 1.70. The average molecular weight is 528 g/mol. The Morgan fingerprint density at radius 1 is 1.39 bits per heavy atom. The Morgan fingerprint density at radius 3 is 2.92 bits per heavy atom. The van der Waals surface area contributed by atoms with Crippen molar-refractivity contribution in [3.63, 3.8) is 0 Å². The second kappa shape index (κ2) is 9.70. The highest BCUT2D eigenvalue weighted by atomic mass is 32.1. The van der Waals surface area contributed by atoms with Gasteiger partial charge in [0.15, 0.2) is 5.11 Å². The fourth-order valence-corrected chi connectivity index (χ4v) is 6.64. The summed E-state index contributed by atoms with van der Waals surface area (Å²) < 4.78 is 50.9. The fraction of sp³-hybridized carbons (Fsp3) is 0.708. The minimum Gasteiger partial charge on any atom is -0.379 e. The fourth-order valence-electron chi connectivity index (χ4n) is 6.50. The summed E-state index contributed by atoms with van der Waals surface area (Å²) in [5.41, 5.74) is 5.54. The Labute approximate surface area is 213 Å². The zero-order valence-corrected chi connectivity index (χ0v) is 21.0. The number of nitrogens with zero attached hydrogens (tertiary/aromatic N) is 3. The van der Waals surface area contributed by atoms with Gasteiger partial charge in [0.1, 0.15) is 0 Å². The number of thiocarbonyl (C=S) groups is 1. The number of alkyl halides is 3. The van der Waals surface area contributed by atoms with Gasteiger partial charge in [0.25, 0.3) is 0 Å². The van der Waals surface area contributed by atoms with E-state index in [1.807, 2.05) is 4.90 Å². The lowest BCUT2D eigenvalue weighted by Gasteiger charge is -2.37. The summed E-state index contributed by atoms with van der Waals surface area (Å²) in [5, 5.41) is 3.99. The second-order valence-corrected chi connectivity index (χ2v) is 10.8. The number of methoxy groups -OCH3 is 1. The highest BCUT2D eigenvalue weighted by Crippen LogP contribution is 2.50. The summed E-state index contributed by atoms with van der Waals surface area (Å²) in [5.74, 6) is 0.0137. The van der Waals surface area contributed by atoms with Crippen molar-refractivity contribution in [1.29, 1.82) is 0 Å². The molecule has 0 radical (unpaired) electrons. The Hall–Kier alpha value is -2.02. The maximum Gasteiger partial charge on any atom is 0.417 e. The van der Waals surface area contributed by atoms with Gasteiger partial charge >= 0.3 is 6.18 Å². The van der Waals surface area contributed by atoms with Gasteiger partial charge in [-0.3, -0.25) is 9.78 Å². The van der Waals surface area contributed by atoms with Crippen molar-refractivity contribution in [3.05, 3.63) is 29.1 Å². The van der Waals surface area contributed by atoms with Crippen LogP contribution in [-0.2, 0) is 33.4 Å². The molecule has 5 atom stereocenters. The maximum atomic E-state index is 14.1. The Bertz CT molecular complexity index is 1030. The predicted molar refractivity (Wildman–Crippen MR) is 129 cm³/mol. The van der Waals surface area contributed by atoms with Crippen LogP contribution < -0.4 is 11.1 Å². The van der Waals surface area contributed by atoms with Gasteiger partial charge in [-0.2, -0.15) is 13.2 Å². The molecule has 3 aliphatic heterocycles. The summed E-state index contributed by atoms with van der Waals surface area (Å²) in [7, 11) is 1.68. The van der Waals surface area contributed by atoms with E-state index in [9.17, 15) is 18.0 Å². The van der Waals surface area contributed by atoms with Gasteiger partial charge < -0.3 is 30.3 Å². The number of aromatic nitrogens is 1. The summed E-state index contributed by atoms with van der Waals surface area (Å²) in [6, 6.07) is 1.38. The lowest BCUT2D eigenvalue weighted by Crippen LogP contribution is -2.52. The van der Waals surface area contributed by atoms with Crippen molar-refractivity contribution in [2.45, 2.75) is 56.6 Å². The first-order chi connectivity index (χ1) is 17.1. The first-order valence-electron chi connectivity index (χ1n) is 12.4. The molecular formula is C24H32F3N5O3S. The number of hydrogen-bond acceptors (Lipinski definition) is 6. The topological polar surface area (TPSA) is 92.9 Å². The molecular weight excluding hydrogens is 495 g/mol. The van der Waals surface area contributed by atoms with Crippen molar-refractivity contribution < 1.29 is 27.4 Å². The zero-order chi connectivity index (χ0) is 25.7. The molecule has 12 heteroatoms. The third kappa shape index (κ3) is 4.68. The molecule has 1 saturated carbocycles. The van der Waals surface area contributed by atoms with Crippen LogP contribution in [0.15, 0.2) is 12.3 Å². The Morgan fingerprint density at radius 2 is 2.19 bits per heavy atom. The van der Waals surface area contributed by atoms with Crippen LogP contribution in [0.1, 0.15) is 36.1 Å². The van der Waals surface area contributed by atoms with Gasteiger partial charge in [-0.25, -0.2) is 0 Å². The molecule has 1 amide bonds. The number of nitrogens with one attached hydrogen (secondary N) is 1. The van der Waals surface area contributed by atoms with Gasteiger partial charge in [-0.05, 0) is 49.0 Å². The number of halogens is 3. The molecule has 2 saturated heterocycles. The van der Waals surface area contributed by atoms with Crippen LogP contribution in [0.25, 0.3) is 0 Å². The second-order valence-electron chi connectivity index (χ2n) is 10.4. The standard InChI is InChI=1S/C24H32F3N5O3S/c1-34-20-12-35-5-3-19(20)30-17-7-16-11-32(22(28)36)13-23(16,8-17)21(33)31-4-2-18-14(10-31)6-15(9-29-18)24(25,26)27/h6,9,16-17,19-20,30H,2-5,7-8,10-13H2,1H3,(H2,28,36)/t16-,17+,19-,20?,23-/m0/s1. The summed E-state index contributed by atoms with van der Waals surface area (Å²) in [6.45, 7) is 2.77. The van der Waals surface area contributed by atoms with Gasteiger partial charge in [0, 0.05) is 70.3 Å². The largest absolute Gasteiger partial charge is 0.417 e. The monoisotopic (exact) mass is 527 g/mol. The van der Waals surface area contributed by atoms with Crippen LogP contribution in [0.4, 0.5) is 13.2 Å². The summed E-state index contributed by atoms with van der Waals surface area (Å²) >= 11 is 5.24. The quantitative estimate of drug-likeness (QED) is 0.572. The van der Waals surface area contributed by atoms with Crippen molar-refractivity contribution in [1.82, 2.24) is 20.1 Å². The van der Waals surface area contributed by atoms with E-state index >= 15 is 0 Å². The van der Waals surface area contributed by atoms with Crippen LogP contribution in [0.5, 0.6) is 0 Å². The molecule has 5 rings (SSSR count). The van der Waals surface area contributed by atoms with Gasteiger partial charge in [-0.15, -0.1) is 0 Å². The smallest absolute Gasteiger partial charge is 0.379 e. The number of ether oxygens (including phenoxy) is 2. The van der Waals surface area contributed by atoms with Crippen molar-refractivity contribution in [2.24, 2.45) is 17.1 Å². The van der Waals surface area contributed by atoms with E-state index in [0.717, 1.165) is 25.1 Å². The molecule has 1 aromatic rings. The first-order valence-corrected chi connectivity index (χ1v) is 12.8. The van der Waals surface area contributed by atoms with E-state index in [1.54, 1.807) is 12.0 Å². The zero-order valence-electron chi connectivity index (χ0n) is 20.2. The van der Waals surface area contributed by atoms with E-state index in [1.165, 1.54) is 0 Å². The summed E-state index contributed by atoms with van der Waals surface area (Å²) in [6.07, 6.45) is -0.979. The Kier molecular flexibility index (Phi) is 6.90. The van der Waals surface area contributed by atoms with Crippen molar-refractivity contribution >= 4 is 23.2 Å². The average Bonchev–Trinajstić information content (AvgIpc) is 3.38. The first kappa shape index (κ1) is 25.6. The molecule has 4 aliphatic rings. The number of amides is 1. The number of carbonyl (C=O) groups excluding carboxylic acids is 1. The number of rotatable bonds is 4. The summed E-state index contributed by atoms with van der Waals surface area (Å²) in [4.78, 5) is 21.8. The van der Waals surface area contributed by atoms with Crippen molar-refractivity contribution in [3.8, 4) is 0 Å². The number of fused-ring (bicyclic) bond motifs is 2. The van der Waals surface area contributed by atoms with Gasteiger partial charge in [0.05, 0.1) is 23.7 Å². The Balaban J connectivity index is 1.36. The third-order valence-corrected chi connectivity index (χ3v) is 8.58. The highest BCUT2D eigenvalue weighted by Gasteiger charge is 2.59. The number of carbonyl (C=O) groups is 1. The van der Waals surface area contributed by atoms with E-state index in [2.05, 4.69) is 10.3 Å². The van der Waals surface area contributed by atoms with Crippen LogP contribution in [0.3, 0.4) is 0 Å². The molecule has 198 valence electrons. The number of likely N-dealkylation sites (tertiary alicyclic amines) is 1. The normalized spacial score (nSPS) is 32.3. The highest BCUT2D eigenvalue weighted by molar-refractivity contribution is 7.80. The minimum atomic E-state index is -4.48. The minimum absolute atomic E-state index is 0.0334. The van der Waals surface area contributed by atoms with E-state index < -0.39 is 17.2 Å². The SMILES string of the molecule is COC1COCC[C@@H]1N[C@@H]1C[C@H]2CN(C(N)=S)C[C@@]2(C(=O)N2CCc3ncc(C(F)(F)F)cc3C2)C1. The molecule has 8 nitrogen and oxygen atoms in total. The third-order valence-electron chi connectivity index (χ3n) is 8.32. The lowest BCUT2D eigenvalue weighted by molar-refractivity contribution is -0.143. The van der Waals surface area contributed by atoms with Crippen LogP contribution in [0.2, 0.25) is 0 Å². The molecule has 0 spiro atoms. The van der Waals surface area contributed by atoms with E-state index in [0.29, 0.717) is 56.9 Å². The molecule has 36 heavy (non-hydrogen) atoms. The molecule has 4 heterocycles. The van der Waals surface area contributed by atoms with E-state index in [4.69, 9.17) is 27.4 Å². The molecule has 1 aliphatic carbocycles. The molecule has 3 fully saturated rings. The van der Waals surface area contributed by atoms with Crippen LogP contribution in [-0.4, -0.2) is 83.9 Å². The van der Waals surface area contributed by atoms with Crippen LogP contribution in [0, 0.1) is 11.3 Å². The number of nitrogens with two attached hydrogens (primary N) is 1. The van der Waals surface area contributed by atoms with E-state index in [-0.39, 0.29) is 41.7 Å². The molecule has 0 aromatic carbocycles. The van der Waals surface area contributed by atoms with Gasteiger partial charge in [-0.1, -0.05) is 0 Å². The lowest BCUT2D eigenvalue weighted by atomic mass is 9.78. The number of pyridine rings is 1. The molecule has 1 aromatic heterocycles. The molecule has 3 N–H and O–H groups in total. The van der Waals surface area contributed by atoms with Gasteiger partial charge in [0.2, 0.25) is 5.91 Å². The molecule has 0 bridgehead atoms.